The summed E-state index contributed by atoms with van der Waals surface area (Å²) in [4.78, 5) is 29.9. The first-order chi connectivity index (χ1) is 20.1. The predicted octanol–water partition coefficient (Wildman–Crippen LogP) is 5.68. The fourth-order valence-electron chi connectivity index (χ4n) is 6.78. The third-order valence-electron chi connectivity index (χ3n) is 9.39. The molecule has 9 nitrogen and oxygen atoms in total. The molecule has 0 spiro atoms. The van der Waals surface area contributed by atoms with Crippen LogP contribution in [-0.2, 0) is 6.42 Å². The summed E-state index contributed by atoms with van der Waals surface area (Å²) in [6.07, 6.45) is 16.2. The molecule has 3 heterocycles. The van der Waals surface area contributed by atoms with Crippen LogP contribution in [0.3, 0.4) is 0 Å². The third kappa shape index (κ3) is 6.50. The lowest BCUT2D eigenvalue weighted by Crippen LogP contribution is -2.42. The number of carbonyl (C=O) groups excluding carboxylic acids is 1. The average Bonchev–Trinajstić information content (AvgIpc) is 3.68. The lowest BCUT2D eigenvalue weighted by molar-refractivity contribution is 0.0718. The van der Waals surface area contributed by atoms with Gasteiger partial charge < -0.3 is 25.8 Å². The molecule has 0 atom stereocenters. The molecule has 4 N–H and O–H groups in total. The lowest BCUT2D eigenvalue weighted by Gasteiger charge is -2.33. The van der Waals surface area contributed by atoms with Crippen LogP contribution in [0.5, 0.6) is 0 Å². The Bertz CT molecular complexity index is 1300. The van der Waals surface area contributed by atoms with Crippen LogP contribution < -0.4 is 16.4 Å². The number of nitrogens with zero attached hydrogens (tertiary/aromatic N) is 5. The van der Waals surface area contributed by atoms with Crippen molar-refractivity contribution in [2.45, 2.75) is 115 Å². The topological polar surface area (TPSA) is 114 Å². The highest BCUT2D eigenvalue weighted by Crippen LogP contribution is 2.34. The number of benzene rings is 1. The van der Waals surface area contributed by atoms with E-state index in [0.29, 0.717) is 24.1 Å². The number of likely N-dealkylation sites (tertiary alicyclic amines) is 1. The highest BCUT2D eigenvalue weighted by molar-refractivity contribution is 5.94. The van der Waals surface area contributed by atoms with E-state index in [4.69, 9.17) is 20.7 Å². The van der Waals surface area contributed by atoms with Gasteiger partial charge in [-0.1, -0.05) is 38.3 Å². The fraction of sp³-hybridized carbons (Fsp3) is 0.625. The van der Waals surface area contributed by atoms with E-state index < -0.39 is 0 Å². The van der Waals surface area contributed by atoms with Gasteiger partial charge in [-0.15, -0.1) is 0 Å². The van der Waals surface area contributed by atoms with E-state index >= 15 is 0 Å². The van der Waals surface area contributed by atoms with Crippen molar-refractivity contribution in [3.8, 4) is 0 Å². The minimum Gasteiger partial charge on any atom is -0.365 e. The van der Waals surface area contributed by atoms with Crippen LogP contribution in [0.2, 0.25) is 0 Å². The zero-order chi connectivity index (χ0) is 28.2. The van der Waals surface area contributed by atoms with Gasteiger partial charge in [-0.3, -0.25) is 4.79 Å². The number of fused-ring (bicyclic) bond motifs is 1. The molecule has 2 saturated carbocycles. The maximum atomic E-state index is 13.2. The first-order valence-corrected chi connectivity index (χ1v) is 16.0. The Morgan fingerprint density at radius 3 is 2.34 bits per heavy atom. The number of piperidine rings is 1. The van der Waals surface area contributed by atoms with Gasteiger partial charge in [0, 0.05) is 42.8 Å². The summed E-state index contributed by atoms with van der Waals surface area (Å²) in [7, 11) is 0. The largest absolute Gasteiger partial charge is 0.365 e. The molecule has 1 saturated heterocycles. The Labute approximate surface area is 243 Å². The van der Waals surface area contributed by atoms with E-state index in [-0.39, 0.29) is 11.9 Å². The molecule has 3 aliphatic rings. The Hall–Kier alpha value is -3.20. The number of nitrogens with two attached hydrogens (primary N) is 1. The molecule has 6 rings (SSSR count). The van der Waals surface area contributed by atoms with Crippen molar-refractivity contribution in [2.75, 3.05) is 23.7 Å². The quantitative estimate of drug-likeness (QED) is 0.309. The minimum absolute atomic E-state index is 0.129. The summed E-state index contributed by atoms with van der Waals surface area (Å²) in [5.74, 6) is 1.60. The van der Waals surface area contributed by atoms with Gasteiger partial charge in [0.15, 0.2) is 17.0 Å². The first kappa shape index (κ1) is 27.9. The Balaban J connectivity index is 1.14. The molecule has 9 heteroatoms. The van der Waals surface area contributed by atoms with Gasteiger partial charge in [0.2, 0.25) is 5.95 Å². The van der Waals surface area contributed by atoms with Crippen molar-refractivity contribution in [1.29, 1.82) is 0 Å². The summed E-state index contributed by atoms with van der Waals surface area (Å²) in [6, 6.07) is 9.53. The van der Waals surface area contributed by atoms with Gasteiger partial charge in [0.25, 0.3) is 5.91 Å². The summed E-state index contributed by atoms with van der Waals surface area (Å²) < 4.78 is 2.27. The number of nitrogens with one attached hydrogen (secondary N) is 2. The fourth-order valence-corrected chi connectivity index (χ4v) is 6.78. The Morgan fingerprint density at radius 2 is 1.63 bits per heavy atom. The van der Waals surface area contributed by atoms with Crippen LogP contribution in [0.25, 0.3) is 11.2 Å². The van der Waals surface area contributed by atoms with E-state index in [1.54, 1.807) is 0 Å². The average molecular weight is 559 g/mol. The predicted molar refractivity (Wildman–Crippen MR) is 164 cm³/mol. The van der Waals surface area contributed by atoms with Crippen molar-refractivity contribution in [3.63, 3.8) is 0 Å². The number of amides is 1. The van der Waals surface area contributed by atoms with Gasteiger partial charge in [-0.25, -0.2) is 4.98 Å². The molecule has 1 aliphatic heterocycles. The Morgan fingerprint density at radius 1 is 0.927 bits per heavy atom. The van der Waals surface area contributed by atoms with Gasteiger partial charge in [-0.2, -0.15) is 9.97 Å². The van der Waals surface area contributed by atoms with Crippen molar-refractivity contribution in [2.24, 2.45) is 5.73 Å². The molecule has 1 amide bonds. The van der Waals surface area contributed by atoms with Crippen LogP contribution in [0.4, 0.5) is 11.8 Å². The van der Waals surface area contributed by atoms with Crippen LogP contribution in [0.15, 0.2) is 30.6 Å². The van der Waals surface area contributed by atoms with Gasteiger partial charge in [0.05, 0.1) is 6.33 Å². The molecular formula is C32H46N8O. The number of hydrogen-bond donors (Lipinski definition) is 3. The number of hydrogen-bond acceptors (Lipinski definition) is 7. The maximum absolute atomic E-state index is 13.2. The number of imidazole rings is 1. The van der Waals surface area contributed by atoms with Gasteiger partial charge in [0.1, 0.15) is 0 Å². The SMILES string of the molecule is CCCCc1ccc(C(=O)N2CCC(Nc3nc(NC4CCC(N)CC4)nc4c3ncn4C3CCCC3)CC2)cc1. The number of aryl methyl sites for hydroxylation is 1. The molecule has 2 aromatic heterocycles. The lowest BCUT2D eigenvalue weighted by atomic mass is 9.92. The number of rotatable bonds is 9. The third-order valence-corrected chi connectivity index (χ3v) is 9.39. The first-order valence-electron chi connectivity index (χ1n) is 16.0. The van der Waals surface area contributed by atoms with Crippen molar-refractivity contribution >= 4 is 28.8 Å². The van der Waals surface area contributed by atoms with E-state index in [1.165, 1.54) is 44.1 Å². The Kier molecular flexibility index (Phi) is 8.70. The number of anilines is 2. The van der Waals surface area contributed by atoms with Gasteiger partial charge in [-0.05, 0) is 81.9 Å². The molecule has 0 unspecified atom stereocenters. The molecule has 41 heavy (non-hydrogen) atoms. The molecule has 2 aliphatic carbocycles. The molecule has 220 valence electrons. The molecule has 0 radical (unpaired) electrons. The summed E-state index contributed by atoms with van der Waals surface area (Å²) in [5.41, 5.74) is 9.99. The smallest absolute Gasteiger partial charge is 0.253 e. The monoisotopic (exact) mass is 558 g/mol. The van der Waals surface area contributed by atoms with Crippen molar-refractivity contribution in [3.05, 3.63) is 41.7 Å². The van der Waals surface area contributed by atoms with E-state index in [2.05, 4.69) is 34.3 Å². The minimum atomic E-state index is 0.129. The normalized spacial score (nSPS) is 22.3. The molecule has 1 aromatic carbocycles. The van der Waals surface area contributed by atoms with E-state index in [1.807, 2.05) is 23.4 Å². The second-order valence-electron chi connectivity index (χ2n) is 12.4. The second kappa shape index (κ2) is 12.8. The summed E-state index contributed by atoms with van der Waals surface area (Å²) >= 11 is 0. The highest BCUT2D eigenvalue weighted by Gasteiger charge is 2.27. The van der Waals surface area contributed by atoms with Crippen LogP contribution >= 0.6 is 0 Å². The molecule has 3 fully saturated rings. The van der Waals surface area contributed by atoms with Crippen LogP contribution in [0.1, 0.15) is 106 Å². The van der Waals surface area contributed by atoms with Crippen molar-refractivity contribution < 1.29 is 4.79 Å². The van der Waals surface area contributed by atoms with E-state index in [9.17, 15) is 4.79 Å². The summed E-state index contributed by atoms with van der Waals surface area (Å²) in [5, 5.41) is 7.34. The molecule has 3 aromatic rings. The molecular weight excluding hydrogens is 512 g/mol. The number of carbonyl (C=O) groups is 1. The van der Waals surface area contributed by atoms with Gasteiger partial charge >= 0.3 is 0 Å². The van der Waals surface area contributed by atoms with Crippen LogP contribution in [0, 0.1) is 0 Å². The standard InChI is InChI=1S/C32H46N8O/c1-2-3-6-22-9-11-23(12-10-22)31(41)39-19-17-26(18-20-39)35-29-28-30(40(21-34-28)27-7-4-5-8-27)38-32(37-29)36-25-15-13-24(33)14-16-25/h9-12,21,24-27H,2-8,13-20,33H2,1H3,(H2,35,36,37,38). The van der Waals surface area contributed by atoms with E-state index in [0.717, 1.165) is 80.6 Å². The number of aromatic nitrogens is 4. The molecule has 0 bridgehead atoms. The second-order valence-corrected chi connectivity index (χ2v) is 12.4. The maximum Gasteiger partial charge on any atom is 0.253 e. The summed E-state index contributed by atoms with van der Waals surface area (Å²) in [6.45, 7) is 3.66. The zero-order valence-electron chi connectivity index (χ0n) is 24.5. The van der Waals surface area contributed by atoms with Crippen molar-refractivity contribution in [1.82, 2.24) is 24.4 Å². The number of unbranched alkanes of at least 4 members (excludes halogenated alkanes) is 1. The highest BCUT2D eigenvalue weighted by atomic mass is 16.2. The zero-order valence-corrected chi connectivity index (χ0v) is 24.5. The van der Waals surface area contributed by atoms with Crippen LogP contribution in [-0.4, -0.2) is 61.5 Å².